The summed E-state index contributed by atoms with van der Waals surface area (Å²) < 4.78 is 11.5. The van der Waals surface area contributed by atoms with Crippen LogP contribution in [0.25, 0.3) is 0 Å². The molecule has 1 amide bonds. The fraction of sp³-hybridized carbons (Fsp3) is 0.435. The lowest BCUT2D eigenvalue weighted by Crippen LogP contribution is -2.44. The zero-order valence-corrected chi connectivity index (χ0v) is 17.0. The SMILES string of the molecule is CC(C)(C)OC(=O)N1CCCC(CNc2ccccc2Oc2ccccc2)C1. The summed E-state index contributed by atoms with van der Waals surface area (Å²) in [5.41, 5.74) is 0.497. The summed E-state index contributed by atoms with van der Waals surface area (Å²) in [4.78, 5) is 14.2. The van der Waals surface area contributed by atoms with E-state index < -0.39 is 5.60 Å². The van der Waals surface area contributed by atoms with Crippen molar-refractivity contribution < 1.29 is 14.3 Å². The summed E-state index contributed by atoms with van der Waals surface area (Å²) in [6.07, 6.45) is 1.87. The van der Waals surface area contributed by atoms with Crippen molar-refractivity contribution in [3.63, 3.8) is 0 Å². The maximum absolute atomic E-state index is 12.4. The van der Waals surface area contributed by atoms with E-state index in [0.29, 0.717) is 12.5 Å². The fourth-order valence-electron chi connectivity index (χ4n) is 3.30. The minimum absolute atomic E-state index is 0.218. The molecule has 1 N–H and O–H groups in total. The third-order valence-corrected chi connectivity index (χ3v) is 4.61. The van der Waals surface area contributed by atoms with Gasteiger partial charge in [-0.3, -0.25) is 0 Å². The van der Waals surface area contributed by atoms with E-state index in [1.54, 1.807) is 0 Å². The lowest BCUT2D eigenvalue weighted by atomic mass is 9.98. The van der Waals surface area contributed by atoms with Gasteiger partial charge in [0.25, 0.3) is 0 Å². The van der Waals surface area contributed by atoms with Crippen molar-refractivity contribution in [2.24, 2.45) is 5.92 Å². The normalized spacial score (nSPS) is 17.1. The van der Waals surface area contributed by atoms with Gasteiger partial charge in [0.15, 0.2) is 5.75 Å². The highest BCUT2D eigenvalue weighted by Gasteiger charge is 2.27. The van der Waals surface area contributed by atoms with E-state index in [4.69, 9.17) is 9.47 Å². The van der Waals surface area contributed by atoms with Crippen molar-refractivity contribution in [2.45, 2.75) is 39.2 Å². The van der Waals surface area contributed by atoms with Crippen molar-refractivity contribution >= 4 is 11.8 Å². The number of rotatable bonds is 5. The van der Waals surface area contributed by atoms with Crippen LogP contribution in [0.15, 0.2) is 54.6 Å². The van der Waals surface area contributed by atoms with Gasteiger partial charge in [0.1, 0.15) is 11.4 Å². The molecule has 0 bridgehead atoms. The number of piperidine rings is 1. The van der Waals surface area contributed by atoms with Crippen molar-refractivity contribution in [2.75, 3.05) is 25.0 Å². The Balaban J connectivity index is 1.57. The first-order chi connectivity index (χ1) is 13.4. The molecule has 1 aliphatic heterocycles. The van der Waals surface area contributed by atoms with Gasteiger partial charge in [0.2, 0.25) is 0 Å². The molecule has 0 saturated carbocycles. The molecule has 0 spiro atoms. The number of para-hydroxylation sites is 3. The molecule has 28 heavy (non-hydrogen) atoms. The number of carbonyl (C=O) groups excluding carboxylic acids is 1. The van der Waals surface area contributed by atoms with E-state index in [1.807, 2.05) is 80.3 Å². The number of amides is 1. The predicted octanol–water partition coefficient (Wildman–Crippen LogP) is 5.54. The Hall–Kier alpha value is -2.69. The van der Waals surface area contributed by atoms with E-state index in [2.05, 4.69) is 5.32 Å². The Labute approximate surface area is 167 Å². The lowest BCUT2D eigenvalue weighted by molar-refractivity contribution is 0.0172. The minimum Gasteiger partial charge on any atom is -0.455 e. The second-order valence-electron chi connectivity index (χ2n) is 8.23. The maximum Gasteiger partial charge on any atom is 0.410 e. The van der Waals surface area contributed by atoms with Gasteiger partial charge in [-0.15, -0.1) is 0 Å². The molecule has 150 valence electrons. The highest BCUT2D eigenvalue weighted by molar-refractivity contribution is 5.68. The second kappa shape index (κ2) is 9.00. The van der Waals surface area contributed by atoms with Gasteiger partial charge in [-0.05, 0) is 63.8 Å². The third kappa shape index (κ3) is 5.91. The standard InChI is InChI=1S/C23H30N2O3/c1-23(2,3)28-22(26)25-15-9-10-18(17-25)16-24-20-13-7-8-14-21(20)27-19-11-5-4-6-12-19/h4-8,11-14,18,24H,9-10,15-17H2,1-3H3. The first-order valence-electron chi connectivity index (χ1n) is 9.94. The highest BCUT2D eigenvalue weighted by Crippen LogP contribution is 2.30. The monoisotopic (exact) mass is 382 g/mol. The van der Waals surface area contributed by atoms with E-state index in [1.165, 1.54) is 0 Å². The average molecular weight is 383 g/mol. The van der Waals surface area contributed by atoms with Gasteiger partial charge in [-0.2, -0.15) is 0 Å². The zero-order valence-electron chi connectivity index (χ0n) is 17.0. The average Bonchev–Trinajstić information content (AvgIpc) is 2.67. The largest absolute Gasteiger partial charge is 0.455 e. The number of benzene rings is 2. The van der Waals surface area contributed by atoms with Crippen molar-refractivity contribution in [1.82, 2.24) is 4.90 Å². The second-order valence-corrected chi connectivity index (χ2v) is 8.23. The van der Waals surface area contributed by atoms with Crippen LogP contribution in [0.4, 0.5) is 10.5 Å². The molecule has 1 heterocycles. The Bertz CT molecular complexity index is 771. The Morgan fingerprint density at radius 2 is 1.82 bits per heavy atom. The molecule has 0 aromatic heterocycles. The minimum atomic E-state index is -0.462. The smallest absolute Gasteiger partial charge is 0.410 e. The summed E-state index contributed by atoms with van der Waals surface area (Å²) in [6.45, 7) is 7.96. The summed E-state index contributed by atoms with van der Waals surface area (Å²) >= 11 is 0. The first-order valence-corrected chi connectivity index (χ1v) is 9.94. The lowest BCUT2D eigenvalue weighted by Gasteiger charge is -2.34. The fourth-order valence-corrected chi connectivity index (χ4v) is 3.30. The van der Waals surface area contributed by atoms with Crippen LogP contribution in [0, 0.1) is 5.92 Å². The summed E-state index contributed by atoms with van der Waals surface area (Å²) in [7, 11) is 0. The molecule has 1 saturated heterocycles. The van der Waals surface area contributed by atoms with Crippen LogP contribution in [0.3, 0.4) is 0 Å². The molecule has 0 aliphatic carbocycles. The summed E-state index contributed by atoms with van der Waals surface area (Å²) in [5, 5.41) is 3.51. The molecular formula is C23H30N2O3. The number of ether oxygens (including phenoxy) is 2. The number of hydrogen-bond donors (Lipinski definition) is 1. The van der Waals surface area contributed by atoms with Crippen LogP contribution in [0.1, 0.15) is 33.6 Å². The van der Waals surface area contributed by atoms with Gasteiger partial charge >= 0.3 is 6.09 Å². The van der Waals surface area contributed by atoms with E-state index >= 15 is 0 Å². The van der Waals surface area contributed by atoms with Crippen LogP contribution in [-0.2, 0) is 4.74 Å². The van der Waals surface area contributed by atoms with Gasteiger partial charge in [0.05, 0.1) is 5.69 Å². The highest BCUT2D eigenvalue weighted by atomic mass is 16.6. The molecule has 2 aromatic carbocycles. The molecule has 5 heteroatoms. The van der Waals surface area contributed by atoms with Gasteiger partial charge in [0, 0.05) is 19.6 Å². The van der Waals surface area contributed by atoms with Crippen molar-refractivity contribution in [3.8, 4) is 11.5 Å². The van der Waals surface area contributed by atoms with Crippen LogP contribution in [-0.4, -0.2) is 36.2 Å². The molecule has 1 aliphatic rings. The summed E-state index contributed by atoms with van der Waals surface area (Å²) in [6, 6.07) is 17.7. The Morgan fingerprint density at radius 3 is 2.57 bits per heavy atom. The molecular weight excluding hydrogens is 352 g/mol. The van der Waals surface area contributed by atoms with Crippen molar-refractivity contribution in [3.05, 3.63) is 54.6 Å². The summed E-state index contributed by atoms with van der Waals surface area (Å²) in [5.74, 6) is 1.99. The number of hydrogen-bond acceptors (Lipinski definition) is 4. The van der Waals surface area contributed by atoms with E-state index in [9.17, 15) is 4.79 Å². The third-order valence-electron chi connectivity index (χ3n) is 4.61. The van der Waals surface area contributed by atoms with Gasteiger partial charge in [-0.25, -0.2) is 4.79 Å². The van der Waals surface area contributed by atoms with E-state index in [0.717, 1.165) is 43.1 Å². The van der Waals surface area contributed by atoms with Gasteiger partial charge in [-0.1, -0.05) is 30.3 Å². The number of nitrogens with one attached hydrogen (secondary N) is 1. The van der Waals surface area contributed by atoms with Crippen LogP contribution >= 0.6 is 0 Å². The zero-order chi connectivity index (χ0) is 20.0. The number of likely N-dealkylation sites (tertiary alicyclic amines) is 1. The maximum atomic E-state index is 12.4. The molecule has 1 atom stereocenters. The van der Waals surface area contributed by atoms with Crippen LogP contribution in [0.2, 0.25) is 0 Å². The molecule has 1 unspecified atom stereocenters. The van der Waals surface area contributed by atoms with Crippen molar-refractivity contribution in [1.29, 1.82) is 0 Å². The van der Waals surface area contributed by atoms with Crippen LogP contribution < -0.4 is 10.1 Å². The number of carbonyl (C=O) groups is 1. The topological polar surface area (TPSA) is 50.8 Å². The van der Waals surface area contributed by atoms with E-state index in [-0.39, 0.29) is 6.09 Å². The Morgan fingerprint density at radius 1 is 1.11 bits per heavy atom. The molecule has 1 fully saturated rings. The number of anilines is 1. The molecule has 5 nitrogen and oxygen atoms in total. The first kappa shape index (κ1) is 20.1. The molecule has 0 radical (unpaired) electrons. The quantitative estimate of drug-likeness (QED) is 0.738. The van der Waals surface area contributed by atoms with Gasteiger partial charge < -0.3 is 19.7 Å². The predicted molar refractivity (Wildman–Crippen MR) is 112 cm³/mol. The molecule has 3 rings (SSSR count). The Kier molecular flexibility index (Phi) is 6.45. The number of nitrogens with zero attached hydrogens (tertiary/aromatic N) is 1. The molecule has 2 aromatic rings. The van der Waals surface area contributed by atoms with Crippen LogP contribution in [0.5, 0.6) is 11.5 Å².